The van der Waals surface area contributed by atoms with E-state index in [1.54, 1.807) is 19.2 Å². The molecule has 19 heavy (non-hydrogen) atoms. The van der Waals surface area contributed by atoms with Crippen LogP contribution >= 0.6 is 45.9 Å². The standard InChI is InChI=1S/C12H6Cl2N2OS2/c1-5-9(11(14)17)19-12(16-5)8-4-7-10(18-8)6(13)2-3-15-7/h2-4H,1H3. The number of hydrogen-bond donors (Lipinski definition) is 0. The third kappa shape index (κ3) is 2.27. The summed E-state index contributed by atoms with van der Waals surface area (Å²) in [5.74, 6) is 0. The molecule has 0 bridgehead atoms. The van der Waals surface area contributed by atoms with Crippen LogP contribution in [0.25, 0.3) is 20.1 Å². The van der Waals surface area contributed by atoms with E-state index in [2.05, 4.69) is 9.97 Å². The Kier molecular flexibility index (Phi) is 3.30. The molecule has 0 radical (unpaired) electrons. The number of rotatable bonds is 2. The second-order valence-corrected chi connectivity index (χ2v) is 6.63. The number of halogens is 2. The van der Waals surface area contributed by atoms with Crippen LogP contribution in [-0.2, 0) is 0 Å². The Morgan fingerprint density at radius 1 is 1.37 bits per heavy atom. The second-order valence-electron chi connectivity index (χ2n) is 3.83. The summed E-state index contributed by atoms with van der Waals surface area (Å²) in [4.78, 5) is 21.3. The van der Waals surface area contributed by atoms with E-state index in [-0.39, 0.29) is 0 Å². The average Bonchev–Trinajstić information content (AvgIpc) is 2.93. The first-order chi connectivity index (χ1) is 9.06. The number of carbonyl (C=O) groups is 1. The van der Waals surface area contributed by atoms with E-state index in [9.17, 15) is 4.79 Å². The smallest absolute Gasteiger partial charge is 0.264 e. The molecule has 3 heterocycles. The topological polar surface area (TPSA) is 42.9 Å². The van der Waals surface area contributed by atoms with Crippen LogP contribution < -0.4 is 0 Å². The van der Waals surface area contributed by atoms with Gasteiger partial charge in [-0.05, 0) is 30.7 Å². The molecule has 3 nitrogen and oxygen atoms in total. The molecule has 0 fully saturated rings. The predicted molar refractivity (Wildman–Crippen MR) is 80.7 cm³/mol. The summed E-state index contributed by atoms with van der Waals surface area (Å²) in [6.07, 6.45) is 1.67. The van der Waals surface area contributed by atoms with Crippen LogP contribution in [0.4, 0.5) is 0 Å². The summed E-state index contributed by atoms with van der Waals surface area (Å²) in [6.45, 7) is 1.77. The van der Waals surface area contributed by atoms with E-state index in [1.165, 1.54) is 22.7 Å². The summed E-state index contributed by atoms with van der Waals surface area (Å²) in [5.41, 5.74) is 1.48. The summed E-state index contributed by atoms with van der Waals surface area (Å²) in [7, 11) is 0. The highest BCUT2D eigenvalue weighted by Gasteiger charge is 2.16. The Labute approximate surface area is 126 Å². The molecule has 0 atom stereocenters. The number of fused-ring (bicyclic) bond motifs is 1. The van der Waals surface area contributed by atoms with Crippen LogP contribution in [0.1, 0.15) is 15.4 Å². The quantitative estimate of drug-likeness (QED) is 0.637. The van der Waals surface area contributed by atoms with Crippen molar-refractivity contribution in [1.29, 1.82) is 0 Å². The zero-order valence-corrected chi connectivity index (χ0v) is 12.8. The van der Waals surface area contributed by atoms with Crippen molar-refractivity contribution in [3.63, 3.8) is 0 Å². The number of pyridine rings is 1. The first-order valence-corrected chi connectivity index (χ1v) is 7.67. The number of hydrogen-bond acceptors (Lipinski definition) is 5. The van der Waals surface area contributed by atoms with Crippen LogP contribution in [0.3, 0.4) is 0 Å². The monoisotopic (exact) mass is 328 g/mol. The third-order valence-electron chi connectivity index (χ3n) is 2.55. The van der Waals surface area contributed by atoms with Crippen LogP contribution in [0.2, 0.25) is 5.02 Å². The first-order valence-electron chi connectivity index (χ1n) is 5.28. The normalized spacial score (nSPS) is 11.1. The van der Waals surface area contributed by atoms with Gasteiger partial charge in [-0.15, -0.1) is 22.7 Å². The maximum Gasteiger partial charge on any atom is 0.264 e. The Bertz CT molecular complexity index is 794. The average molecular weight is 329 g/mol. The highest BCUT2D eigenvalue weighted by Crippen LogP contribution is 2.38. The maximum atomic E-state index is 11.2. The van der Waals surface area contributed by atoms with Gasteiger partial charge in [-0.3, -0.25) is 9.78 Å². The van der Waals surface area contributed by atoms with E-state index in [4.69, 9.17) is 23.2 Å². The molecule has 0 aliphatic heterocycles. The summed E-state index contributed by atoms with van der Waals surface area (Å²) >= 11 is 14.4. The molecule has 3 aromatic rings. The Hall–Kier alpha value is -1.01. The molecule has 0 amide bonds. The fraction of sp³-hybridized carbons (Fsp3) is 0.0833. The molecule has 3 aromatic heterocycles. The summed E-state index contributed by atoms with van der Waals surface area (Å²) in [6, 6.07) is 3.68. The second kappa shape index (κ2) is 4.83. The van der Waals surface area contributed by atoms with Gasteiger partial charge in [0.15, 0.2) is 0 Å². The lowest BCUT2D eigenvalue weighted by molar-refractivity contribution is 0.108. The minimum Gasteiger partial charge on any atom is -0.275 e. The van der Waals surface area contributed by atoms with E-state index >= 15 is 0 Å². The first kappa shape index (κ1) is 13.0. The number of thiophene rings is 1. The minimum absolute atomic E-state index is 0.474. The third-order valence-corrected chi connectivity index (χ3v) is 5.76. The van der Waals surface area contributed by atoms with Crippen molar-refractivity contribution in [3.05, 3.63) is 33.9 Å². The number of aryl methyl sites for hydroxylation is 1. The molecule has 0 aliphatic carbocycles. The number of thiazole rings is 1. The number of nitrogens with zero attached hydrogens (tertiary/aromatic N) is 2. The SMILES string of the molecule is Cc1nc(-c2cc3nccc(Cl)c3s2)sc1C(=O)Cl. The summed E-state index contributed by atoms with van der Waals surface area (Å²) in [5, 5.41) is 0.960. The van der Waals surface area contributed by atoms with Gasteiger partial charge < -0.3 is 0 Å². The molecule has 3 rings (SSSR count). The van der Waals surface area contributed by atoms with Crippen molar-refractivity contribution in [2.45, 2.75) is 6.92 Å². The predicted octanol–water partition coefficient (Wildman–Crippen LogP) is 4.76. The molecule has 0 aromatic carbocycles. The highest BCUT2D eigenvalue weighted by molar-refractivity contribution is 7.27. The van der Waals surface area contributed by atoms with Crippen molar-refractivity contribution in [3.8, 4) is 9.88 Å². The van der Waals surface area contributed by atoms with Gasteiger partial charge in [-0.2, -0.15) is 0 Å². The number of carbonyl (C=O) groups excluding carboxylic acids is 1. The molecule has 0 aliphatic rings. The Morgan fingerprint density at radius 3 is 2.79 bits per heavy atom. The molecule has 0 spiro atoms. The summed E-state index contributed by atoms with van der Waals surface area (Å²) < 4.78 is 0.922. The van der Waals surface area contributed by atoms with Crippen molar-refractivity contribution in [2.75, 3.05) is 0 Å². The van der Waals surface area contributed by atoms with Gasteiger partial charge in [0.05, 0.1) is 25.8 Å². The van der Waals surface area contributed by atoms with Crippen molar-refractivity contribution >= 4 is 61.3 Å². The van der Waals surface area contributed by atoms with E-state index < -0.39 is 5.24 Å². The van der Waals surface area contributed by atoms with Crippen LogP contribution in [0.15, 0.2) is 18.3 Å². The lowest BCUT2D eigenvalue weighted by Crippen LogP contribution is -1.86. The van der Waals surface area contributed by atoms with E-state index in [1.807, 2.05) is 6.07 Å². The highest BCUT2D eigenvalue weighted by atomic mass is 35.5. The van der Waals surface area contributed by atoms with Crippen LogP contribution in [0.5, 0.6) is 0 Å². The molecule has 0 N–H and O–H groups in total. The number of aromatic nitrogens is 2. The Morgan fingerprint density at radius 2 is 2.16 bits per heavy atom. The lowest BCUT2D eigenvalue weighted by atomic mass is 10.4. The molecule has 7 heteroatoms. The molecular formula is C12H6Cl2N2OS2. The molecule has 0 saturated carbocycles. The van der Waals surface area contributed by atoms with Crippen LogP contribution in [-0.4, -0.2) is 15.2 Å². The van der Waals surface area contributed by atoms with Gasteiger partial charge in [0.2, 0.25) is 0 Å². The van der Waals surface area contributed by atoms with Crippen molar-refractivity contribution in [2.24, 2.45) is 0 Å². The zero-order chi connectivity index (χ0) is 13.6. The minimum atomic E-state index is -0.474. The van der Waals surface area contributed by atoms with Gasteiger partial charge in [0, 0.05) is 6.20 Å². The fourth-order valence-corrected chi connectivity index (χ4v) is 4.18. The van der Waals surface area contributed by atoms with Gasteiger partial charge in [-0.1, -0.05) is 11.6 Å². The van der Waals surface area contributed by atoms with Gasteiger partial charge in [-0.25, -0.2) is 4.98 Å². The van der Waals surface area contributed by atoms with Crippen molar-refractivity contribution in [1.82, 2.24) is 9.97 Å². The molecular weight excluding hydrogens is 323 g/mol. The molecule has 0 unspecified atom stereocenters. The maximum absolute atomic E-state index is 11.2. The molecule has 96 valence electrons. The Balaban J connectivity index is 2.17. The molecule has 0 saturated heterocycles. The van der Waals surface area contributed by atoms with E-state index in [0.717, 1.165) is 20.1 Å². The largest absolute Gasteiger partial charge is 0.275 e. The van der Waals surface area contributed by atoms with Gasteiger partial charge >= 0.3 is 0 Å². The van der Waals surface area contributed by atoms with Gasteiger partial charge in [0.1, 0.15) is 9.88 Å². The van der Waals surface area contributed by atoms with Crippen molar-refractivity contribution < 1.29 is 4.79 Å². The van der Waals surface area contributed by atoms with Crippen LogP contribution in [0, 0.1) is 6.92 Å². The van der Waals surface area contributed by atoms with E-state index in [0.29, 0.717) is 15.6 Å². The van der Waals surface area contributed by atoms with Gasteiger partial charge in [0.25, 0.3) is 5.24 Å². The lowest BCUT2D eigenvalue weighted by Gasteiger charge is -1.88. The zero-order valence-electron chi connectivity index (χ0n) is 9.61. The fourth-order valence-electron chi connectivity index (χ4n) is 1.70.